The van der Waals surface area contributed by atoms with E-state index >= 15 is 0 Å². The van der Waals surface area contributed by atoms with E-state index in [2.05, 4.69) is 9.72 Å². The van der Waals surface area contributed by atoms with Crippen LogP contribution in [0.25, 0.3) is 0 Å². The number of nitrogens with zero attached hydrogens (tertiary/aromatic N) is 1. The highest BCUT2D eigenvalue weighted by atomic mass is 35.5. The molecule has 14 heavy (non-hydrogen) atoms. The van der Waals surface area contributed by atoms with Crippen LogP contribution in [0.4, 0.5) is 0 Å². The second-order valence-electron chi connectivity index (χ2n) is 2.35. The highest BCUT2D eigenvalue weighted by molar-refractivity contribution is 6.42. The Hall–Kier alpha value is -1.00. The maximum atomic E-state index is 11.2. The normalized spacial score (nSPS) is 9.93. The van der Waals surface area contributed by atoms with E-state index in [0.717, 1.165) is 6.20 Å². The van der Waals surface area contributed by atoms with Gasteiger partial charge in [-0.3, -0.25) is 0 Å². The summed E-state index contributed by atoms with van der Waals surface area (Å²) in [7, 11) is 0. The van der Waals surface area contributed by atoms with Gasteiger partial charge in [-0.1, -0.05) is 23.2 Å². The fraction of sp³-hybridized carbons (Fsp3) is 0.250. The number of carbonyl (C=O) groups excluding carboxylic acids is 1. The third-order valence-electron chi connectivity index (χ3n) is 1.45. The van der Waals surface area contributed by atoms with E-state index in [1.54, 1.807) is 6.92 Å². The molecule has 6 heteroatoms. The topological polar surface area (TPSA) is 59.4 Å². The molecule has 0 bridgehead atoms. The average molecular weight is 236 g/mol. The molecular formula is C8H7Cl2NO3. The average Bonchev–Trinajstić information content (AvgIpc) is 2.15. The number of aromatic nitrogens is 1. The van der Waals surface area contributed by atoms with Gasteiger partial charge < -0.3 is 9.84 Å². The summed E-state index contributed by atoms with van der Waals surface area (Å²) in [6.45, 7) is 1.86. The van der Waals surface area contributed by atoms with Gasteiger partial charge in [0, 0.05) is 6.20 Å². The zero-order chi connectivity index (χ0) is 10.7. The van der Waals surface area contributed by atoms with Gasteiger partial charge in [-0.2, -0.15) is 0 Å². The molecule has 1 N–H and O–H groups in total. The lowest BCUT2D eigenvalue weighted by Crippen LogP contribution is -2.05. The smallest absolute Gasteiger partial charge is 0.343 e. The maximum Gasteiger partial charge on any atom is 0.343 e. The first-order chi connectivity index (χ1) is 6.57. The maximum absolute atomic E-state index is 11.2. The van der Waals surface area contributed by atoms with Crippen molar-refractivity contribution in [3.05, 3.63) is 21.9 Å². The van der Waals surface area contributed by atoms with Crippen LogP contribution in [0.3, 0.4) is 0 Å². The molecule has 0 spiro atoms. The van der Waals surface area contributed by atoms with E-state index in [0.29, 0.717) is 0 Å². The molecule has 0 aromatic carbocycles. The first-order valence-corrected chi connectivity index (χ1v) is 4.53. The Morgan fingerprint density at radius 3 is 2.86 bits per heavy atom. The van der Waals surface area contributed by atoms with Crippen molar-refractivity contribution in [2.75, 3.05) is 6.61 Å². The largest absolute Gasteiger partial charge is 0.505 e. The van der Waals surface area contributed by atoms with Crippen LogP contribution in [0.1, 0.15) is 17.3 Å². The molecule has 76 valence electrons. The Morgan fingerprint density at radius 1 is 1.64 bits per heavy atom. The number of hydrogen-bond donors (Lipinski definition) is 1. The highest BCUT2D eigenvalue weighted by Gasteiger charge is 2.17. The number of rotatable bonds is 2. The standard InChI is InChI=1S/C8H7Cl2NO3/c1-2-14-8(13)4-3-11-7(10)5(9)6(4)12/h3H,2H2,1H3,(H,11,12). The van der Waals surface area contributed by atoms with Crippen molar-refractivity contribution < 1.29 is 14.6 Å². The summed E-state index contributed by atoms with van der Waals surface area (Å²) in [4.78, 5) is 14.8. The Bertz CT molecular complexity index is 368. The summed E-state index contributed by atoms with van der Waals surface area (Å²) in [5, 5.41) is 9.20. The van der Waals surface area contributed by atoms with Gasteiger partial charge >= 0.3 is 5.97 Å². The number of aromatic hydroxyl groups is 1. The number of halogens is 2. The summed E-state index contributed by atoms with van der Waals surface area (Å²) >= 11 is 11.1. The molecule has 1 aromatic rings. The lowest BCUT2D eigenvalue weighted by Gasteiger charge is -2.05. The van der Waals surface area contributed by atoms with Gasteiger partial charge in [0.15, 0.2) is 10.9 Å². The molecule has 1 rings (SSSR count). The molecule has 1 heterocycles. The second-order valence-corrected chi connectivity index (χ2v) is 3.08. The number of pyridine rings is 1. The van der Waals surface area contributed by atoms with Gasteiger partial charge in [0.05, 0.1) is 6.61 Å². The van der Waals surface area contributed by atoms with Crippen LogP contribution in [0, 0.1) is 0 Å². The van der Waals surface area contributed by atoms with E-state index < -0.39 is 11.7 Å². The fourth-order valence-corrected chi connectivity index (χ4v) is 1.10. The Morgan fingerprint density at radius 2 is 2.29 bits per heavy atom. The Labute approximate surface area is 90.4 Å². The van der Waals surface area contributed by atoms with E-state index in [4.69, 9.17) is 23.2 Å². The van der Waals surface area contributed by atoms with Crippen molar-refractivity contribution in [2.24, 2.45) is 0 Å². The summed E-state index contributed by atoms with van der Waals surface area (Å²) < 4.78 is 4.66. The molecule has 0 fully saturated rings. The molecule has 0 radical (unpaired) electrons. The molecule has 0 saturated carbocycles. The van der Waals surface area contributed by atoms with Gasteiger partial charge in [-0.15, -0.1) is 0 Å². The van der Waals surface area contributed by atoms with E-state index in [-0.39, 0.29) is 22.3 Å². The third-order valence-corrected chi connectivity index (χ3v) is 2.19. The van der Waals surface area contributed by atoms with Crippen molar-refractivity contribution in [3.63, 3.8) is 0 Å². The van der Waals surface area contributed by atoms with Gasteiger partial charge in [0.2, 0.25) is 0 Å². The van der Waals surface area contributed by atoms with E-state index in [1.807, 2.05) is 0 Å². The summed E-state index contributed by atoms with van der Waals surface area (Å²) in [6, 6.07) is 0. The van der Waals surface area contributed by atoms with Gasteiger partial charge in [0.1, 0.15) is 10.6 Å². The molecule has 4 nitrogen and oxygen atoms in total. The minimum Gasteiger partial charge on any atom is -0.505 e. The highest BCUT2D eigenvalue weighted by Crippen LogP contribution is 2.32. The number of esters is 1. The molecule has 0 atom stereocenters. The predicted octanol–water partition coefficient (Wildman–Crippen LogP) is 2.27. The lowest BCUT2D eigenvalue weighted by molar-refractivity contribution is 0.0522. The minimum atomic E-state index is -0.684. The van der Waals surface area contributed by atoms with Crippen molar-refractivity contribution in [2.45, 2.75) is 6.92 Å². The summed E-state index contributed by atoms with van der Waals surface area (Å²) in [6.07, 6.45) is 1.11. The number of hydrogen-bond acceptors (Lipinski definition) is 4. The minimum absolute atomic E-state index is 0.0581. The van der Waals surface area contributed by atoms with Gasteiger partial charge in [0.25, 0.3) is 0 Å². The van der Waals surface area contributed by atoms with Crippen LogP contribution in [-0.4, -0.2) is 22.7 Å². The number of carbonyl (C=O) groups is 1. The van der Waals surface area contributed by atoms with Gasteiger partial charge in [-0.05, 0) is 6.92 Å². The van der Waals surface area contributed by atoms with Crippen molar-refractivity contribution >= 4 is 29.2 Å². The van der Waals surface area contributed by atoms with Crippen molar-refractivity contribution in [3.8, 4) is 5.75 Å². The van der Waals surface area contributed by atoms with Crippen LogP contribution in [-0.2, 0) is 4.74 Å². The Kier molecular flexibility index (Phi) is 3.55. The SMILES string of the molecule is CCOC(=O)c1cnc(Cl)c(Cl)c1O. The van der Waals surface area contributed by atoms with Crippen molar-refractivity contribution in [1.29, 1.82) is 0 Å². The van der Waals surface area contributed by atoms with E-state index in [1.165, 1.54) is 0 Å². The van der Waals surface area contributed by atoms with Crippen LogP contribution < -0.4 is 0 Å². The van der Waals surface area contributed by atoms with E-state index in [9.17, 15) is 9.90 Å². The van der Waals surface area contributed by atoms with Crippen LogP contribution >= 0.6 is 23.2 Å². The van der Waals surface area contributed by atoms with Gasteiger partial charge in [-0.25, -0.2) is 9.78 Å². The predicted molar refractivity (Wildman–Crippen MR) is 51.9 cm³/mol. The van der Waals surface area contributed by atoms with Crippen LogP contribution in [0.5, 0.6) is 5.75 Å². The zero-order valence-corrected chi connectivity index (χ0v) is 8.76. The van der Waals surface area contributed by atoms with Crippen LogP contribution in [0.15, 0.2) is 6.20 Å². The lowest BCUT2D eigenvalue weighted by atomic mass is 10.2. The quantitative estimate of drug-likeness (QED) is 0.632. The molecule has 1 aromatic heterocycles. The third kappa shape index (κ3) is 2.08. The molecule has 0 aliphatic rings. The summed E-state index contributed by atoms with van der Waals surface area (Å²) in [5.41, 5.74) is -0.0961. The van der Waals surface area contributed by atoms with Crippen molar-refractivity contribution in [1.82, 2.24) is 4.98 Å². The molecule has 0 aliphatic heterocycles. The molecule has 0 amide bonds. The molecular weight excluding hydrogens is 229 g/mol. The zero-order valence-electron chi connectivity index (χ0n) is 7.25. The monoisotopic (exact) mass is 235 g/mol. The molecule has 0 saturated heterocycles. The summed E-state index contributed by atoms with van der Waals surface area (Å²) in [5.74, 6) is -1.10. The first kappa shape index (κ1) is 11.1. The fourth-order valence-electron chi connectivity index (χ4n) is 0.813. The first-order valence-electron chi connectivity index (χ1n) is 3.78. The van der Waals surface area contributed by atoms with Crippen LogP contribution in [0.2, 0.25) is 10.2 Å². The molecule has 0 unspecified atom stereocenters. The molecule has 0 aliphatic carbocycles. The Balaban J connectivity index is 3.11. The number of ether oxygens (including phenoxy) is 1. The second kappa shape index (κ2) is 4.48.